The van der Waals surface area contributed by atoms with Crippen LogP contribution in [0.3, 0.4) is 0 Å². The first-order chi connectivity index (χ1) is 13.8. The number of hydrogen-bond donors (Lipinski definition) is 2. The van der Waals surface area contributed by atoms with Crippen LogP contribution >= 0.6 is 11.3 Å². The standard InChI is InChI=1S/C21H31N5O2S/c1-4-5-9-15-25-16-17(18-14(10-13-29-18)24-19(16)22)26(15)12-8-6-7-11-21(2,3)28-20(23)27/h10,13H,4-9,11-12H2,1-3H3,(H2,22,24)(H2,23,27). The highest BCUT2D eigenvalue weighted by Crippen LogP contribution is 2.33. The maximum Gasteiger partial charge on any atom is 0.405 e. The number of primary amides is 1. The normalized spacial score (nSPS) is 12.1. The second-order valence-corrected chi connectivity index (χ2v) is 9.02. The number of rotatable bonds is 10. The van der Waals surface area contributed by atoms with Crippen molar-refractivity contribution in [2.24, 2.45) is 5.73 Å². The highest BCUT2D eigenvalue weighted by Gasteiger charge is 2.21. The maximum absolute atomic E-state index is 11.0. The number of nitrogens with zero attached hydrogens (tertiary/aromatic N) is 3. The minimum Gasteiger partial charge on any atom is -0.444 e. The largest absolute Gasteiger partial charge is 0.444 e. The molecule has 0 fully saturated rings. The van der Waals surface area contributed by atoms with Crippen LogP contribution in [-0.4, -0.2) is 26.2 Å². The molecule has 3 rings (SSSR count). The third kappa shape index (κ3) is 4.98. The Morgan fingerprint density at radius 3 is 2.76 bits per heavy atom. The topological polar surface area (TPSA) is 109 Å². The van der Waals surface area contributed by atoms with E-state index in [1.54, 1.807) is 11.3 Å². The molecular formula is C21H31N5O2S. The van der Waals surface area contributed by atoms with Gasteiger partial charge in [-0.1, -0.05) is 19.8 Å². The van der Waals surface area contributed by atoms with Crippen LogP contribution in [0.5, 0.6) is 0 Å². The smallest absolute Gasteiger partial charge is 0.405 e. The summed E-state index contributed by atoms with van der Waals surface area (Å²) in [6, 6.07) is 2.01. The summed E-state index contributed by atoms with van der Waals surface area (Å²) < 4.78 is 8.66. The van der Waals surface area contributed by atoms with Crippen LogP contribution in [0.15, 0.2) is 11.4 Å². The van der Waals surface area contributed by atoms with Gasteiger partial charge in [-0.15, -0.1) is 11.3 Å². The fourth-order valence-corrected chi connectivity index (χ4v) is 4.63. The number of nitrogens with two attached hydrogens (primary N) is 2. The Bertz CT molecular complexity index is 992. The van der Waals surface area contributed by atoms with Crippen LogP contribution in [0.1, 0.15) is 65.1 Å². The number of pyridine rings is 1. The molecule has 4 N–H and O–H groups in total. The molecule has 0 bridgehead atoms. The van der Waals surface area contributed by atoms with Gasteiger partial charge >= 0.3 is 6.09 Å². The van der Waals surface area contributed by atoms with Crippen molar-refractivity contribution >= 4 is 44.5 Å². The van der Waals surface area contributed by atoms with Gasteiger partial charge in [0.1, 0.15) is 16.9 Å². The molecule has 7 nitrogen and oxygen atoms in total. The van der Waals surface area contributed by atoms with E-state index < -0.39 is 11.7 Å². The van der Waals surface area contributed by atoms with E-state index in [-0.39, 0.29) is 0 Å². The number of carbonyl (C=O) groups is 1. The SMILES string of the molecule is CCCCc1nc2c(N)nc3ccsc3c2n1CCCCCC(C)(C)OC(N)=O. The Hall–Kier alpha value is -2.35. The summed E-state index contributed by atoms with van der Waals surface area (Å²) in [6.07, 6.45) is 6.26. The predicted molar refractivity (Wildman–Crippen MR) is 119 cm³/mol. The second kappa shape index (κ2) is 8.98. The van der Waals surface area contributed by atoms with Crippen LogP contribution in [0.25, 0.3) is 21.3 Å². The zero-order chi connectivity index (χ0) is 21.0. The summed E-state index contributed by atoms with van der Waals surface area (Å²) in [6.45, 7) is 6.87. The summed E-state index contributed by atoms with van der Waals surface area (Å²) in [5, 5.41) is 2.06. The van der Waals surface area contributed by atoms with Gasteiger partial charge in [0.25, 0.3) is 0 Å². The Morgan fingerprint density at radius 2 is 2.03 bits per heavy atom. The van der Waals surface area contributed by atoms with Gasteiger partial charge in [0.05, 0.1) is 15.7 Å². The number of nitrogen functional groups attached to an aromatic ring is 1. The van der Waals surface area contributed by atoms with Crippen molar-refractivity contribution in [2.45, 2.75) is 77.9 Å². The molecule has 0 radical (unpaired) electrons. The van der Waals surface area contributed by atoms with E-state index in [1.807, 2.05) is 19.9 Å². The van der Waals surface area contributed by atoms with Gasteiger partial charge in [-0.05, 0) is 51.0 Å². The van der Waals surface area contributed by atoms with Gasteiger partial charge in [-0.3, -0.25) is 0 Å². The molecule has 3 aromatic heterocycles. The molecule has 0 aliphatic heterocycles. The molecule has 0 saturated carbocycles. The van der Waals surface area contributed by atoms with Crippen molar-refractivity contribution < 1.29 is 9.53 Å². The first-order valence-electron chi connectivity index (χ1n) is 10.3. The molecular weight excluding hydrogens is 386 g/mol. The molecule has 0 aromatic carbocycles. The number of unbranched alkanes of at least 4 members (excludes halogenated alkanes) is 3. The lowest BCUT2D eigenvalue weighted by Gasteiger charge is -2.23. The van der Waals surface area contributed by atoms with Gasteiger partial charge in [0.15, 0.2) is 5.82 Å². The third-order valence-corrected chi connectivity index (χ3v) is 6.09. The number of amides is 1. The fraction of sp³-hybridized carbons (Fsp3) is 0.571. The van der Waals surface area contributed by atoms with Crippen LogP contribution in [-0.2, 0) is 17.7 Å². The van der Waals surface area contributed by atoms with Crippen molar-refractivity contribution in [1.29, 1.82) is 0 Å². The summed E-state index contributed by atoms with van der Waals surface area (Å²) in [5.41, 5.74) is 13.7. The van der Waals surface area contributed by atoms with E-state index in [0.29, 0.717) is 5.82 Å². The molecule has 0 saturated heterocycles. The average Bonchev–Trinajstić information content (AvgIpc) is 3.23. The summed E-state index contributed by atoms with van der Waals surface area (Å²) >= 11 is 1.69. The lowest BCUT2D eigenvalue weighted by atomic mass is 10.0. The van der Waals surface area contributed by atoms with Crippen molar-refractivity contribution in [2.75, 3.05) is 5.73 Å². The molecule has 0 aliphatic rings. The number of fused-ring (bicyclic) bond motifs is 3. The molecule has 0 spiro atoms. The Labute approximate surface area is 175 Å². The quantitative estimate of drug-likeness (QED) is 0.451. The van der Waals surface area contributed by atoms with E-state index in [9.17, 15) is 4.79 Å². The van der Waals surface area contributed by atoms with E-state index >= 15 is 0 Å². The Kier molecular flexibility index (Phi) is 6.62. The van der Waals surface area contributed by atoms with Crippen molar-refractivity contribution in [3.05, 3.63) is 17.3 Å². The number of aryl methyl sites for hydroxylation is 2. The molecule has 3 aromatic rings. The molecule has 3 heterocycles. The molecule has 0 atom stereocenters. The van der Waals surface area contributed by atoms with Crippen molar-refractivity contribution in [3.63, 3.8) is 0 Å². The summed E-state index contributed by atoms with van der Waals surface area (Å²) in [4.78, 5) is 20.4. The van der Waals surface area contributed by atoms with Gasteiger partial charge < -0.3 is 20.8 Å². The minimum atomic E-state index is -0.716. The van der Waals surface area contributed by atoms with Gasteiger partial charge in [-0.25, -0.2) is 14.8 Å². The van der Waals surface area contributed by atoms with Crippen molar-refractivity contribution in [3.8, 4) is 0 Å². The second-order valence-electron chi connectivity index (χ2n) is 8.10. The zero-order valence-corrected chi connectivity index (χ0v) is 18.3. The highest BCUT2D eigenvalue weighted by molar-refractivity contribution is 7.18. The van der Waals surface area contributed by atoms with Crippen LogP contribution in [0.4, 0.5) is 10.6 Å². The van der Waals surface area contributed by atoms with Crippen LogP contribution < -0.4 is 11.5 Å². The van der Waals surface area contributed by atoms with Crippen molar-refractivity contribution in [1.82, 2.24) is 14.5 Å². The average molecular weight is 418 g/mol. The lowest BCUT2D eigenvalue weighted by molar-refractivity contribution is 0.0372. The van der Waals surface area contributed by atoms with E-state index in [2.05, 4.69) is 21.9 Å². The Morgan fingerprint density at radius 1 is 1.24 bits per heavy atom. The minimum absolute atomic E-state index is 0.507. The summed E-state index contributed by atoms with van der Waals surface area (Å²) in [5.74, 6) is 1.60. The zero-order valence-electron chi connectivity index (χ0n) is 17.5. The number of anilines is 1. The first-order valence-corrected chi connectivity index (χ1v) is 11.2. The Balaban J connectivity index is 1.76. The maximum atomic E-state index is 11.0. The molecule has 0 unspecified atom stereocenters. The van der Waals surface area contributed by atoms with E-state index in [0.717, 1.165) is 78.6 Å². The van der Waals surface area contributed by atoms with Crippen LogP contribution in [0.2, 0.25) is 0 Å². The van der Waals surface area contributed by atoms with E-state index in [1.165, 1.54) is 0 Å². The highest BCUT2D eigenvalue weighted by atomic mass is 32.1. The summed E-state index contributed by atoms with van der Waals surface area (Å²) in [7, 11) is 0. The molecule has 158 valence electrons. The molecule has 0 aliphatic carbocycles. The first kappa shape index (κ1) is 21.4. The lowest BCUT2D eigenvalue weighted by Crippen LogP contribution is -2.30. The molecule has 8 heteroatoms. The fourth-order valence-electron chi connectivity index (χ4n) is 3.75. The molecule has 1 amide bonds. The number of ether oxygens (including phenoxy) is 1. The van der Waals surface area contributed by atoms with E-state index in [4.69, 9.17) is 21.2 Å². The van der Waals surface area contributed by atoms with Crippen LogP contribution in [0, 0.1) is 0 Å². The van der Waals surface area contributed by atoms with Gasteiger partial charge in [0, 0.05) is 13.0 Å². The number of carbonyl (C=O) groups excluding carboxylic acids is 1. The number of imidazole rings is 1. The third-order valence-electron chi connectivity index (χ3n) is 5.18. The van der Waals surface area contributed by atoms with Gasteiger partial charge in [-0.2, -0.15) is 0 Å². The van der Waals surface area contributed by atoms with Gasteiger partial charge in [0.2, 0.25) is 0 Å². The monoisotopic (exact) mass is 417 g/mol. The molecule has 29 heavy (non-hydrogen) atoms. The number of aromatic nitrogens is 3. The number of hydrogen-bond acceptors (Lipinski definition) is 6. The predicted octanol–water partition coefficient (Wildman–Crippen LogP) is 5.01. The number of thiophene rings is 1.